The highest BCUT2D eigenvalue weighted by molar-refractivity contribution is 7.71. The van der Waals surface area contributed by atoms with Gasteiger partial charge in [-0.25, -0.2) is 5.10 Å². The van der Waals surface area contributed by atoms with Crippen LogP contribution in [0.2, 0.25) is 0 Å². The van der Waals surface area contributed by atoms with Gasteiger partial charge in [0.2, 0.25) is 4.77 Å². The summed E-state index contributed by atoms with van der Waals surface area (Å²) in [6.45, 7) is 0. The molecule has 7 nitrogen and oxygen atoms in total. The van der Waals surface area contributed by atoms with Crippen molar-refractivity contribution in [3.8, 4) is 11.5 Å². The van der Waals surface area contributed by atoms with Crippen molar-refractivity contribution < 1.29 is 27.4 Å². The smallest absolute Gasteiger partial charge is 0.453 e. The predicted molar refractivity (Wildman–Crippen MR) is 86.8 cm³/mol. The molecule has 3 rings (SSSR count). The van der Waals surface area contributed by atoms with Gasteiger partial charge in [0.1, 0.15) is 0 Å². The quantitative estimate of drug-likeness (QED) is 0.369. The van der Waals surface area contributed by atoms with Crippen LogP contribution in [0.15, 0.2) is 23.3 Å². The molecule has 1 aliphatic carbocycles. The number of methoxy groups -OCH3 is 1. The molecule has 11 heteroatoms. The van der Waals surface area contributed by atoms with Crippen molar-refractivity contribution in [2.45, 2.75) is 19.0 Å². The van der Waals surface area contributed by atoms with Crippen LogP contribution in [0.4, 0.5) is 13.2 Å². The van der Waals surface area contributed by atoms with Crippen molar-refractivity contribution in [1.29, 1.82) is 0 Å². The summed E-state index contributed by atoms with van der Waals surface area (Å²) in [7, 11) is 1.39. The highest BCUT2D eigenvalue weighted by Gasteiger charge is 2.37. The highest BCUT2D eigenvalue weighted by atomic mass is 32.1. The molecule has 2 aromatic rings. The second kappa shape index (κ2) is 6.90. The number of H-pyrrole nitrogens is 1. The lowest BCUT2D eigenvalue weighted by Gasteiger charge is -2.09. The average molecular weight is 386 g/mol. The van der Waals surface area contributed by atoms with Crippen molar-refractivity contribution in [1.82, 2.24) is 14.9 Å². The van der Waals surface area contributed by atoms with Crippen LogP contribution in [0.5, 0.6) is 11.5 Å². The summed E-state index contributed by atoms with van der Waals surface area (Å²) in [5.41, 5.74) is 0.421. The van der Waals surface area contributed by atoms with Crippen LogP contribution in [-0.2, 0) is 11.0 Å². The molecule has 138 valence electrons. The van der Waals surface area contributed by atoms with Crippen molar-refractivity contribution >= 4 is 24.4 Å². The summed E-state index contributed by atoms with van der Waals surface area (Å²) in [6, 6.07) is 4.49. The van der Waals surface area contributed by atoms with Gasteiger partial charge in [-0.05, 0) is 48.8 Å². The van der Waals surface area contributed by atoms with Crippen molar-refractivity contribution in [2.75, 3.05) is 7.11 Å². The van der Waals surface area contributed by atoms with Crippen molar-refractivity contribution in [2.24, 2.45) is 11.0 Å². The van der Waals surface area contributed by atoms with E-state index in [-0.39, 0.29) is 28.2 Å². The van der Waals surface area contributed by atoms with Crippen LogP contribution in [0.1, 0.15) is 24.2 Å². The molecule has 1 fully saturated rings. The molecule has 0 atom stereocenters. The van der Waals surface area contributed by atoms with E-state index >= 15 is 0 Å². The number of hydrogen-bond acceptors (Lipinski definition) is 6. The number of aromatic amines is 1. The Morgan fingerprint density at radius 2 is 2.15 bits per heavy atom. The van der Waals surface area contributed by atoms with Crippen LogP contribution in [-0.4, -0.2) is 34.2 Å². The fourth-order valence-electron chi connectivity index (χ4n) is 2.07. The van der Waals surface area contributed by atoms with E-state index < -0.39 is 12.0 Å². The molecular weight excluding hydrogens is 373 g/mol. The van der Waals surface area contributed by atoms with E-state index in [9.17, 15) is 18.0 Å². The first-order valence-electron chi connectivity index (χ1n) is 7.48. The van der Waals surface area contributed by atoms with Gasteiger partial charge in [-0.15, -0.1) is 5.10 Å². The van der Waals surface area contributed by atoms with Crippen molar-refractivity contribution in [3.63, 3.8) is 0 Å². The first-order valence-corrected chi connectivity index (χ1v) is 7.89. The standard InChI is InChI=1S/C15H13F3N4O3S/c1-24-11-6-8(2-5-10(11)25-12(23)9-3-4-9)7-19-22-13(15(16,17)18)20-21-14(22)26/h2,5-7,9H,3-4H2,1H3,(H,21,26)/b19-7-. The number of alkyl halides is 3. The molecule has 0 bridgehead atoms. The van der Waals surface area contributed by atoms with Gasteiger partial charge in [0, 0.05) is 0 Å². The van der Waals surface area contributed by atoms with E-state index in [0.717, 1.165) is 19.1 Å². The number of nitrogens with one attached hydrogen (secondary N) is 1. The fourth-order valence-corrected chi connectivity index (χ4v) is 2.25. The topological polar surface area (TPSA) is 81.5 Å². The molecular formula is C15H13F3N4O3S. The molecule has 0 amide bonds. The second-order valence-corrected chi connectivity index (χ2v) is 5.90. The van der Waals surface area contributed by atoms with E-state index in [0.29, 0.717) is 10.2 Å². The van der Waals surface area contributed by atoms with Gasteiger partial charge in [0.25, 0.3) is 5.82 Å². The Balaban J connectivity index is 1.84. The summed E-state index contributed by atoms with van der Waals surface area (Å²) in [5, 5.41) is 8.89. The molecule has 1 heterocycles. The number of benzene rings is 1. The summed E-state index contributed by atoms with van der Waals surface area (Å²) in [6.07, 6.45) is -1.93. The van der Waals surface area contributed by atoms with Gasteiger partial charge in [-0.1, -0.05) is 0 Å². The number of halogens is 3. The number of esters is 1. The van der Waals surface area contributed by atoms with E-state index in [1.165, 1.54) is 25.3 Å². The van der Waals surface area contributed by atoms with Crippen LogP contribution < -0.4 is 9.47 Å². The van der Waals surface area contributed by atoms with Crippen LogP contribution in [0.3, 0.4) is 0 Å². The maximum Gasteiger partial charge on any atom is 0.453 e. The Hall–Kier alpha value is -2.69. The Morgan fingerprint density at radius 1 is 1.42 bits per heavy atom. The van der Waals surface area contributed by atoms with Gasteiger partial charge in [0.05, 0.1) is 19.2 Å². The predicted octanol–water partition coefficient (Wildman–Crippen LogP) is 3.17. The van der Waals surface area contributed by atoms with Gasteiger partial charge in [-0.2, -0.15) is 22.9 Å². The minimum atomic E-state index is -4.70. The van der Waals surface area contributed by atoms with E-state index in [1.807, 2.05) is 0 Å². The van der Waals surface area contributed by atoms with E-state index in [1.54, 1.807) is 0 Å². The third-order valence-electron chi connectivity index (χ3n) is 3.54. The molecule has 1 aliphatic rings. The lowest BCUT2D eigenvalue weighted by molar-refractivity contribution is -0.147. The molecule has 1 N–H and O–H groups in total. The molecule has 1 aromatic carbocycles. The largest absolute Gasteiger partial charge is 0.493 e. The molecule has 0 unspecified atom stereocenters. The molecule has 0 radical (unpaired) electrons. The SMILES string of the molecule is COc1cc(/C=N\n2c(C(F)(F)F)n[nH]c2=S)ccc1OC(=O)C1CC1. The summed E-state index contributed by atoms with van der Waals surface area (Å²) >= 11 is 4.75. The maximum absolute atomic E-state index is 12.9. The number of hydrogen-bond donors (Lipinski definition) is 1. The number of aromatic nitrogens is 3. The average Bonchev–Trinajstić information content (AvgIpc) is 3.36. The molecule has 1 aromatic heterocycles. The Bertz CT molecular complexity index is 916. The number of nitrogens with zero attached hydrogens (tertiary/aromatic N) is 3. The molecule has 0 saturated heterocycles. The number of ether oxygens (including phenoxy) is 2. The Labute approximate surface area is 150 Å². The van der Waals surface area contributed by atoms with Crippen molar-refractivity contribution in [3.05, 3.63) is 34.4 Å². The second-order valence-electron chi connectivity index (χ2n) is 5.51. The zero-order valence-corrected chi connectivity index (χ0v) is 14.2. The first kappa shape index (κ1) is 18.1. The van der Waals surface area contributed by atoms with Gasteiger partial charge >= 0.3 is 12.1 Å². The molecule has 1 saturated carbocycles. The third kappa shape index (κ3) is 3.93. The summed E-state index contributed by atoms with van der Waals surface area (Å²) in [5.74, 6) is -1.18. The monoisotopic (exact) mass is 386 g/mol. The zero-order chi connectivity index (χ0) is 18.9. The summed E-state index contributed by atoms with van der Waals surface area (Å²) in [4.78, 5) is 11.7. The lowest BCUT2D eigenvalue weighted by Crippen LogP contribution is -2.13. The van der Waals surface area contributed by atoms with E-state index in [2.05, 4.69) is 15.3 Å². The third-order valence-corrected chi connectivity index (χ3v) is 3.80. The minimum absolute atomic E-state index is 0.0790. The minimum Gasteiger partial charge on any atom is -0.493 e. The lowest BCUT2D eigenvalue weighted by atomic mass is 10.2. The molecule has 26 heavy (non-hydrogen) atoms. The van der Waals surface area contributed by atoms with Crippen LogP contribution in [0.25, 0.3) is 0 Å². The normalized spacial score (nSPS) is 14.6. The summed E-state index contributed by atoms with van der Waals surface area (Å²) < 4.78 is 49.2. The van der Waals surface area contributed by atoms with E-state index in [4.69, 9.17) is 21.7 Å². The van der Waals surface area contributed by atoms with Gasteiger partial charge in [-0.3, -0.25) is 4.79 Å². The first-order chi connectivity index (χ1) is 12.3. The Morgan fingerprint density at radius 3 is 2.77 bits per heavy atom. The number of carbonyl (C=O) groups excluding carboxylic acids is 1. The highest BCUT2D eigenvalue weighted by Crippen LogP contribution is 2.34. The molecule has 0 spiro atoms. The molecule has 0 aliphatic heterocycles. The van der Waals surface area contributed by atoms with Gasteiger partial charge in [0.15, 0.2) is 11.5 Å². The van der Waals surface area contributed by atoms with Crippen LogP contribution in [0, 0.1) is 10.7 Å². The zero-order valence-electron chi connectivity index (χ0n) is 13.4. The number of carbonyl (C=O) groups is 1. The Kier molecular flexibility index (Phi) is 4.81. The number of rotatable bonds is 5. The maximum atomic E-state index is 12.9. The van der Waals surface area contributed by atoms with Crippen LogP contribution >= 0.6 is 12.2 Å². The fraction of sp³-hybridized carbons (Fsp3) is 0.333. The van der Waals surface area contributed by atoms with Gasteiger partial charge < -0.3 is 9.47 Å².